The van der Waals surface area contributed by atoms with E-state index in [1.165, 1.54) is 17.1 Å². The highest BCUT2D eigenvalue weighted by Gasteiger charge is 2.30. The number of carbonyl (C=O) groups is 2. The van der Waals surface area contributed by atoms with Crippen LogP contribution in [0.1, 0.15) is 28.4 Å². The Morgan fingerprint density at radius 2 is 1.80 bits per heavy atom. The number of carboxylic acid groups (broad SMARTS) is 1. The van der Waals surface area contributed by atoms with Crippen LogP contribution in [0.3, 0.4) is 0 Å². The van der Waals surface area contributed by atoms with E-state index >= 15 is 0 Å². The third kappa shape index (κ3) is 4.34. The minimum Gasteiger partial charge on any atom is -0.478 e. The summed E-state index contributed by atoms with van der Waals surface area (Å²) in [7, 11) is 0. The molecule has 8 heteroatoms. The minimum atomic E-state index is -1.17. The highest BCUT2D eigenvalue weighted by atomic mass is 35.5. The maximum atomic E-state index is 13.3. The standard InChI is InChI=1S/C27H19Cl2N3O3/c1-16-22(26(33)32(30-16)20-10-11-24(29)23(13-20)27(34)35)12-18-15-31(25-5-3-2-4-21(18)25)14-17-6-8-19(28)9-7-17/h2-13,15H,14H2,1H3,(H,34,35)/b22-12+. The lowest BCUT2D eigenvalue weighted by molar-refractivity contribution is -0.114. The summed E-state index contributed by atoms with van der Waals surface area (Å²) >= 11 is 12.0. The molecule has 1 N–H and O–H groups in total. The van der Waals surface area contributed by atoms with Gasteiger partial charge in [-0.3, -0.25) is 4.79 Å². The fourth-order valence-corrected chi connectivity index (χ4v) is 4.46. The Morgan fingerprint density at radius 1 is 1.06 bits per heavy atom. The van der Waals surface area contributed by atoms with Gasteiger partial charge in [0.15, 0.2) is 0 Å². The third-order valence-corrected chi connectivity index (χ3v) is 6.45. The number of amides is 1. The lowest BCUT2D eigenvalue weighted by Gasteiger charge is -2.13. The van der Waals surface area contributed by atoms with E-state index in [2.05, 4.69) is 9.67 Å². The van der Waals surface area contributed by atoms with Gasteiger partial charge in [-0.2, -0.15) is 10.1 Å². The van der Waals surface area contributed by atoms with Crippen molar-refractivity contribution in [1.29, 1.82) is 0 Å². The number of hydrogen-bond donors (Lipinski definition) is 1. The number of benzene rings is 3. The van der Waals surface area contributed by atoms with E-state index in [1.54, 1.807) is 13.0 Å². The van der Waals surface area contributed by atoms with Crippen LogP contribution in [0.2, 0.25) is 10.0 Å². The highest BCUT2D eigenvalue weighted by Crippen LogP contribution is 2.31. The van der Waals surface area contributed by atoms with Gasteiger partial charge >= 0.3 is 5.97 Å². The summed E-state index contributed by atoms with van der Waals surface area (Å²) in [5, 5.41) is 16.8. The normalized spacial score (nSPS) is 14.7. The number of hydrogen-bond acceptors (Lipinski definition) is 3. The zero-order chi connectivity index (χ0) is 24.7. The molecule has 2 heterocycles. The van der Waals surface area contributed by atoms with Crippen molar-refractivity contribution in [2.45, 2.75) is 13.5 Å². The first-order valence-corrected chi connectivity index (χ1v) is 11.5. The predicted molar refractivity (Wildman–Crippen MR) is 139 cm³/mol. The topological polar surface area (TPSA) is 74.9 Å². The van der Waals surface area contributed by atoms with E-state index in [4.69, 9.17) is 23.2 Å². The zero-order valence-corrected chi connectivity index (χ0v) is 20.1. The largest absolute Gasteiger partial charge is 0.478 e. The van der Waals surface area contributed by atoms with Crippen LogP contribution in [0.4, 0.5) is 5.69 Å². The molecule has 0 atom stereocenters. The van der Waals surface area contributed by atoms with E-state index in [-0.39, 0.29) is 16.5 Å². The SMILES string of the molecule is CC1=NN(c2ccc(Cl)c(C(=O)O)c2)C(=O)/C1=C/c1cn(Cc2ccc(Cl)cc2)c2ccccc12. The fraction of sp³-hybridized carbons (Fsp3) is 0.0741. The smallest absolute Gasteiger partial charge is 0.337 e. The molecule has 0 saturated heterocycles. The van der Waals surface area contributed by atoms with E-state index in [0.29, 0.717) is 28.5 Å². The fourth-order valence-electron chi connectivity index (χ4n) is 4.13. The average Bonchev–Trinajstić information content (AvgIpc) is 3.33. The summed E-state index contributed by atoms with van der Waals surface area (Å²) in [5.74, 6) is -1.51. The van der Waals surface area contributed by atoms with Gasteiger partial charge in [0.05, 0.1) is 27.6 Å². The molecule has 0 aliphatic carbocycles. The van der Waals surface area contributed by atoms with Crippen LogP contribution in [0.5, 0.6) is 0 Å². The van der Waals surface area contributed by atoms with Crippen LogP contribution in [-0.2, 0) is 11.3 Å². The average molecular weight is 504 g/mol. The van der Waals surface area contributed by atoms with Crippen LogP contribution < -0.4 is 5.01 Å². The Labute approximate surface area is 211 Å². The number of aromatic carboxylic acids is 1. The van der Waals surface area contributed by atoms with E-state index in [9.17, 15) is 14.7 Å². The first-order chi connectivity index (χ1) is 16.8. The predicted octanol–water partition coefficient (Wildman–Crippen LogP) is 6.50. The molecule has 0 bridgehead atoms. The number of nitrogens with zero attached hydrogens (tertiary/aromatic N) is 3. The van der Waals surface area contributed by atoms with Gasteiger partial charge in [-0.15, -0.1) is 0 Å². The summed E-state index contributed by atoms with van der Waals surface area (Å²) in [6.07, 6.45) is 3.84. The molecule has 6 nitrogen and oxygen atoms in total. The van der Waals surface area contributed by atoms with Crippen molar-refractivity contribution in [1.82, 2.24) is 4.57 Å². The quantitative estimate of drug-likeness (QED) is 0.315. The number of rotatable bonds is 5. The lowest BCUT2D eigenvalue weighted by Crippen LogP contribution is -2.21. The molecule has 0 spiro atoms. The summed E-state index contributed by atoms with van der Waals surface area (Å²) < 4.78 is 2.13. The Morgan fingerprint density at radius 3 is 2.54 bits per heavy atom. The number of anilines is 1. The number of fused-ring (bicyclic) bond motifs is 1. The van der Waals surface area contributed by atoms with Crippen molar-refractivity contribution in [3.8, 4) is 0 Å². The van der Waals surface area contributed by atoms with Crippen molar-refractivity contribution >= 4 is 63.5 Å². The molecular formula is C27H19Cl2N3O3. The second kappa shape index (κ2) is 9.06. The van der Waals surface area contributed by atoms with Gasteiger partial charge in [0.2, 0.25) is 0 Å². The minimum absolute atomic E-state index is 0.0903. The van der Waals surface area contributed by atoms with Crippen molar-refractivity contribution < 1.29 is 14.7 Å². The van der Waals surface area contributed by atoms with Crippen LogP contribution in [0.25, 0.3) is 17.0 Å². The maximum Gasteiger partial charge on any atom is 0.337 e. The molecule has 1 aromatic heterocycles. The van der Waals surface area contributed by atoms with Crippen molar-refractivity contribution in [3.05, 3.63) is 105 Å². The number of carboxylic acids is 1. The molecule has 1 amide bonds. The van der Waals surface area contributed by atoms with Crippen molar-refractivity contribution in [3.63, 3.8) is 0 Å². The molecule has 1 aliphatic heterocycles. The van der Waals surface area contributed by atoms with E-state index in [1.807, 2.05) is 60.8 Å². The number of hydrazone groups is 1. The monoisotopic (exact) mass is 503 g/mol. The van der Waals surface area contributed by atoms with Gasteiger partial charge in [0, 0.05) is 34.2 Å². The molecule has 35 heavy (non-hydrogen) atoms. The zero-order valence-electron chi connectivity index (χ0n) is 18.6. The molecule has 1 aliphatic rings. The third-order valence-electron chi connectivity index (χ3n) is 5.87. The van der Waals surface area contributed by atoms with Crippen LogP contribution >= 0.6 is 23.2 Å². The molecule has 0 unspecified atom stereocenters. The number of carbonyl (C=O) groups excluding carboxylic acids is 1. The molecule has 0 saturated carbocycles. The highest BCUT2D eigenvalue weighted by molar-refractivity contribution is 6.34. The molecule has 0 radical (unpaired) electrons. The summed E-state index contributed by atoms with van der Waals surface area (Å²) in [5.41, 5.74) is 4.25. The van der Waals surface area contributed by atoms with Gasteiger partial charge in [0.1, 0.15) is 0 Å². The Balaban J connectivity index is 1.52. The van der Waals surface area contributed by atoms with Crippen LogP contribution in [0.15, 0.2) is 83.6 Å². The summed E-state index contributed by atoms with van der Waals surface area (Å²) in [4.78, 5) is 24.8. The molecule has 4 aromatic rings. The van der Waals surface area contributed by atoms with Gasteiger partial charge in [-0.25, -0.2) is 4.79 Å². The number of aromatic nitrogens is 1. The Kier molecular flexibility index (Phi) is 5.93. The lowest BCUT2D eigenvalue weighted by atomic mass is 10.1. The first-order valence-electron chi connectivity index (χ1n) is 10.8. The maximum absolute atomic E-state index is 13.3. The van der Waals surface area contributed by atoms with E-state index in [0.717, 1.165) is 22.0 Å². The van der Waals surface area contributed by atoms with Crippen LogP contribution in [-0.4, -0.2) is 27.3 Å². The molecule has 5 rings (SSSR count). The van der Waals surface area contributed by atoms with Gasteiger partial charge in [-0.1, -0.05) is 53.5 Å². The van der Waals surface area contributed by atoms with Crippen LogP contribution in [0, 0.1) is 0 Å². The summed E-state index contributed by atoms with van der Waals surface area (Å²) in [6.45, 7) is 2.40. The Bertz CT molecular complexity index is 1550. The van der Waals surface area contributed by atoms with Crippen molar-refractivity contribution in [2.24, 2.45) is 5.10 Å². The molecule has 3 aromatic carbocycles. The first kappa shape index (κ1) is 22.9. The Hall–Kier alpha value is -3.87. The number of halogens is 2. The molecule has 0 fully saturated rings. The molecule has 174 valence electrons. The second-order valence-electron chi connectivity index (χ2n) is 8.19. The van der Waals surface area contributed by atoms with Gasteiger partial charge in [-0.05, 0) is 55.0 Å². The molecular weight excluding hydrogens is 485 g/mol. The van der Waals surface area contributed by atoms with Gasteiger partial charge < -0.3 is 9.67 Å². The second-order valence-corrected chi connectivity index (χ2v) is 9.03. The summed E-state index contributed by atoms with van der Waals surface area (Å²) in [6, 6.07) is 20.1. The van der Waals surface area contributed by atoms with Crippen molar-refractivity contribution in [2.75, 3.05) is 5.01 Å². The number of para-hydroxylation sites is 1. The van der Waals surface area contributed by atoms with Gasteiger partial charge in [0.25, 0.3) is 5.91 Å². The van der Waals surface area contributed by atoms with E-state index < -0.39 is 5.97 Å².